The summed E-state index contributed by atoms with van der Waals surface area (Å²) in [4.78, 5) is 4.87. The Morgan fingerprint density at radius 2 is 1.79 bits per heavy atom. The number of nitrogens with zero attached hydrogens (tertiary/aromatic N) is 2. The number of rotatable bonds is 2. The third-order valence-corrected chi connectivity index (χ3v) is 6.86. The Hall–Kier alpha value is -3.72. The van der Waals surface area contributed by atoms with Crippen LogP contribution in [0.1, 0.15) is 51.6 Å². The molecular weight excluding hydrogens is 416 g/mol. The van der Waals surface area contributed by atoms with Gasteiger partial charge in [-0.1, -0.05) is 50.2 Å². The summed E-state index contributed by atoms with van der Waals surface area (Å²) in [5.74, 6) is -1.80. The Kier molecular flexibility index (Phi) is 3.16. The average Bonchev–Trinajstić information content (AvgIpc) is 3.26. The number of aryl methyl sites for hydroxylation is 3. The standard InChI is InChI=1S/C31H29N2O/c1-17(2)21-11-12-24-22(16-21)13-14-33(6)29(24)27-19(4)18(3)15-26-28-31(34-30(26)27)25-10-8-7-9-23(25)20(5)32-28/h7-17H,1-6H3/q+1/i1D3,3D3,17D. The molecule has 0 fully saturated rings. The molecule has 0 saturated heterocycles. The lowest BCUT2D eigenvalue weighted by molar-refractivity contribution is -0.659. The van der Waals surface area contributed by atoms with Gasteiger partial charge in [-0.3, -0.25) is 0 Å². The van der Waals surface area contributed by atoms with Gasteiger partial charge in [-0.2, -0.15) is 0 Å². The van der Waals surface area contributed by atoms with Crippen LogP contribution in [0.2, 0.25) is 0 Å². The predicted octanol–water partition coefficient (Wildman–Crippen LogP) is 7.83. The van der Waals surface area contributed by atoms with Crippen molar-refractivity contribution in [2.45, 2.75) is 40.4 Å². The molecule has 0 N–H and O–H groups in total. The molecule has 0 bridgehead atoms. The molecule has 1 unspecified atom stereocenters. The molecule has 1 atom stereocenters. The van der Waals surface area contributed by atoms with Crippen molar-refractivity contribution in [3.8, 4) is 11.3 Å². The van der Waals surface area contributed by atoms with E-state index in [2.05, 4.69) is 0 Å². The molecule has 3 heteroatoms. The Labute approximate surface area is 209 Å². The summed E-state index contributed by atoms with van der Waals surface area (Å²) in [6, 6.07) is 16.6. The molecule has 0 spiro atoms. The van der Waals surface area contributed by atoms with Gasteiger partial charge in [0, 0.05) is 37.5 Å². The maximum absolute atomic E-state index is 8.59. The minimum atomic E-state index is -2.51. The zero-order valence-corrected chi connectivity index (χ0v) is 19.6. The van der Waals surface area contributed by atoms with Crippen molar-refractivity contribution in [3.63, 3.8) is 0 Å². The van der Waals surface area contributed by atoms with E-state index in [0.717, 1.165) is 32.9 Å². The largest absolute Gasteiger partial charge is 0.453 e. The maximum atomic E-state index is 8.59. The van der Waals surface area contributed by atoms with Crippen molar-refractivity contribution in [1.29, 1.82) is 0 Å². The zero-order valence-electron chi connectivity index (χ0n) is 26.6. The smallest absolute Gasteiger partial charge is 0.224 e. The third kappa shape index (κ3) is 2.89. The highest BCUT2D eigenvalue weighted by molar-refractivity contribution is 6.17. The van der Waals surface area contributed by atoms with Gasteiger partial charge in [0.2, 0.25) is 5.69 Å². The van der Waals surface area contributed by atoms with Crippen molar-refractivity contribution in [2.24, 2.45) is 7.05 Å². The summed E-state index contributed by atoms with van der Waals surface area (Å²) in [7, 11) is 1.88. The van der Waals surface area contributed by atoms with E-state index in [4.69, 9.17) is 19.0 Å². The molecule has 0 aliphatic carbocycles. The number of furan rings is 1. The molecule has 168 valence electrons. The van der Waals surface area contributed by atoms with E-state index in [1.165, 1.54) is 6.92 Å². The number of benzene rings is 3. The van der Waals surface area contributed by atoms with Gasteiger partial charge >= 0.3 is 0 Å². The Morgan fingerprint density at radius 1 is 0.971 bits per heavy atom. The van der Waals surface area contributed by atoms with E-state index < -0.39 is 19.6 Å². The van der Waals surface area contributed by atoms with Crippen molar-refractivity contribution < 1.29 is 18.6 Å². The fraction of sp³-hybridized carbons (Fsp3) is 0.226. The first-order valence-electron chi connectivity index (χ1n) is 14.8. The molecule has 0 amide bonds. The van der Waals surface area contributed by atoms with Gasteiger partial charge in [0.15, 0.2) is 17.4 Å². The zero-order chi connectivity index (χ0) is 29.6. The molecule has 0 saturated carbocycles. The van der Waals surface area contributed by atoms with Crippen LogP contribution in [-0.4, -0.2) is 4.98 Å². The van der Waals surface area contributed by atoms with Gasteiger partial charge < -0.3 is 4.42 Å². The third-order valence-electron chi connectivity index (χ3n) is 6.86. The van der Waals surface area contributed by atoms with Crippen LogP contribution in [0, 0.1) is 20.7 Å². The molecule has 6 aromatic rings. The topological polar surface area (TPSA) is 29.9 Å². The summed E-state index contributed by atoms with van der Waals surface area (Å²) < 4.78 is 65.8. The highest BCUT2D eigenvalue weighted by Gasteiger charge is 2.26. The summed E-state index contributed by atoms with van der Waals surface area (Å²) in [5.41, 5.74) is 5.08. The summed E-state index contributed by atoms with van der Waals surface area (Å²) in [6.45, 7) is 0.227. The first-order chi connectivity index (χ1) is 19.1. The quantitative estimate of drug-likeness (QED) is 0.251. The van der Waals surface area contributed by atoms with Crippen LogP contribution in [0.25, 0.3) is 54.9 Å². The number of hydrogen-bond acceptors (Lipinski definition) is 2. The second kappa shape index (κ2) is 7.39. The Bertz CT molecular complexity index is 2040. The van der Waals surface area contributed by atoms with Gasteiger partial charge in [0.05, 0.1) is 10.9 Å². The SMILES string of the molecule is [2H]C([2H])([2H])c1cc2c(oc3c4ccccc4c(C)nc23)c(-c2c3ccc(C([2H])(C)C([2H])([2H])[2H])cc3cc[n+]2C)c1C. The van der Waals surface area contributed by atoms with E-state index in [0.29, 0.717) is 38.8 Å². The lowest BCUT2D eigenvalue weighted by atomic mass is 9.92. The molecule has 6 rings (SSSR count). The fourth-order valence-corrected chi connectivity index (χ4v) is 5.03. The van der Waals surface area contributed by atoms with E-state index >= 15 is 0 Å². The molecule has 3 nitrogen and oxygen atoms in total. The molecule has 3 heterocycles. The number of aromatic nitrogens is 2. The summed E-state index contributed by atoms with van der Waals surface area (Å²) in [6.07, 6.45) is 1.85. The summed E-state index contributed by atoms with van der Waals surface area (Å²) >= 11 is 0. The molecule has 0 radical (unpaired) electrons. The van der Waals surface area contributed by atoms with E-state index in [1.54, 1.807) is 25.1 Å². The molecule has 3 aromatic carbocycles. The molecular formula is C31H29N2O+. The monoisotopic (exact) mass is 452 g/mol. The number of hydrogen-bond donors (Lipinski definition) is 0. The highest BCUT2D eigenvalue weighted by atomic mass is 16.3. The molecule has 0 aliphatic rings. The van der Waals surface area contributed by atoms with Crippen LogP contribution < -0.4 is 4.57 Å². The molecule has 34 heavy (non-hydrogen) atoms. The minimum absolute atomic E-state index is 0.213. The Morgan fingerprint density at radius 3 is 2.59 bits per heavy atom. The van der Waals surface area contributed by atoms with Crippen LogP contribution >= 0.6 is 0 Å². The second-order valence-corrected chi connectivity index (χ2v) is 9.03. The highest BCUT2D eigenvalue weighted by Crippen LogP contribution is 2.42. The van der Waals surface area contributed by atoms with Crippen LogP contribution in [0.4, 0.5) is 0 Å². The molecule has 3 aromatic heterocycles. The predicted molar refractivity (Wildman–Crippen MR) is 141 cm³/mol. The lowest BCUT2D eigenvalue weighted by Gasteiger charge is -2.12. The second-order valence-electron chi connectivity index (χ2n) is 9.03. The van der Waals surface area contributed by atoms with Crippen molar-refractivity contribution in [3.05, 3.63) is 83.2 Å². The fourth-order valence-electron chi connectivity index (χ4n) is 5.03. The van der Waals surface area contributed by atoms with E-state index in [-0.39, 0.29) is 5.56 Å². The number of pyridine rings is 2. The first kappa shape index (κ1) is 14.5. The normalized spacial score (nSPS) is 17.6. The van der Waals surface area contributed by atoms with Crippen LogP contribution in [-0.2, 0) is 7.05 Å². The van der Waals surface area contributed by atoms with Gasteiger partial charge in [0.1, 0.15) is 12.6 Å². The average molecular weight is 453 g/mol. The number of fused-ring (bicyclic) bond motifs is 6. The van der Waals surface area contributed by atoms with Crippen molar-refractivity contribution in [1.82, 2.24) is 4.98 Å². The van der Waals surface area contributed by atoms with Gasteiger partial charge in [-0.15, -0.1) is 0 Å². The molecule has 0 aliphatic heterocycles. The summed E-state index contributed by atoms with van der Waals surface area (Å²) in [5, 5.41) is 4.00. The van der Waals surface area contributed by atoms with Crippen molar-refractivity contribution >= 4 is 43.6 Å². The van der Waals surface area contributed by atoms with E-state index in [1.807, 2.05) is 61.1 Å². The van der Waals surface area contributed by atoms with Crippen LogP contribution in [0.5, 0.6) is 0 Å². The van der Waals surface area contributed by atoms with E-state index in [9.17, 15) is 0 Å². The minimum Gasteiger partial charge on any atom is -0.453 e. The van der Waals surface area contributed by atoms with Crippen LogP contribution in [0.3, 0.4) is 0 Å². The van der Waals surface area contributed by atoms with Gasteiger partial charge in [-0.25, -0.2) is 9.55 Å². The first-order valence-corrected chi connectivity index (χ1v) is 11.3. The lowest BCUT2D eigenvalue weighted by Crippen LogP contribution is -2.31. The van der Waals surface area contributed by atoms with Crippen molar-refractivity contribution in [2.75, 3.05) is 0 Å². The van der Waals surface area contributed by atoms with Gasteiger partial charge in [-0.05, 0) is 60.8 Å². The van der Waals surface area contributed by atoms with Crippen LogP contribution in [0.15, 0.2) is 65.2 Å². The van der Waals surface area contributed by atoms with Gasteiger partial charge in [0.25, 0.3) is 0 Å². The Balaban J connectivity index is 1.76. The maximum Gasteiger partial charge on any atom is 0.224 e.